The summed E-state index contributed by atoms with van der Waals surface area (Å²) in [7, 11) is 1.89. The van der Waals surface area contributed by atoms with E-state index in [1.54, 1.807) is 30.2 Å². The lowest BCUT2D eigenvalue weighted by molar-refractivity contribution is 0.0941. The zero-order valence-electron chi connectivity index (χ0n) is 15.2. The van der Waals surface area contributed by atoms with Crippen LogP contribution in [0.25, 0.3) is 5.57 Å². The molecule has 0 radical (unpaired) electrons. The Balaban J connectivity index is 1.53. The van der Waals surface area contributed by atoms with Gasteiger partial charge in [-0.2, -0.15) is 5.26 Å². The number of carbonyl (C=O) groups excluding carboxylic acids is 1. The summed E-state index contributed by atoms with van der Waals surface area (Å²) in [6.07, 6.45) is 3.09. The van der Waals surface area contributed by atoms with E-state index >= 15 is 0 Å². The van der Waals surface area contributed by atoms with E-state index < -0.39 is 0 Å². The van der Waals surface area contributed by atoms with Crippen molar-refractivity contribution in [1.29, 1.82) is 5.26 Å². The van der Waals surface area contributed by atoms with Crippen LogP contribution in [-0.2, 0) is 12.8 Å². The Morgan fingerprint density at radius 2 is 2.18 bits per heavy atom. The molecule has 2 heterocycles. The number of nitrogens with zero attached hydrogens (tertiary/aromatic N) is 5. The third kappa shape index (κ3) is 4.97. The van der Waals surface area contributed by atoms with E-state index in [1.165, 1.54) is 17.5 Å². The predicted molar refractivity (Wildman–Crippen MR) is 108 cm³/mol. The first kappa shape index (κ1) is 19.6. The smallest absolute Gasteiger partial charge is 0.269 e. The van der Waals surface area contributed by atoms with Gasteiger partial charge in [0.1, 0.15) is 23.0 Å². The molecule has 0 aliphatic heterocycles. The van der Waals surface area contributed by atoms with Crippen molar-refractivity contribution in [3.05, 3.63) is 64.0 Å². The molecule has 1 amide bonds. The molecular weight excluding hydrogens is 394 g/mol. The van der Waals surface area contributed by atoms with Gasteiger partial charge in [0.15, 0.2) is 5.16 Å². The SMILES string of the molecule is Cc1csc(/C(C#N)=C/NNC(=O)c2ccc(CSc3nncn3C)cc2)n1. The van der Waals surface area contributed by atoms with E-state index in [0.29, 0.717) is 16.1 Å². The average molecular weight is 412 g/mol. The minimum atomic E-state index is -0.295. The fraction of sp³-hybridized carbons (Fsp3) is 0.167. The minimum Gasteiger partial charge on any atom is -0.312 e. The molecule has 28 heavy (non-hydrogen) atoms. The number of nitrogens with one attached hydrogen (secondary N) is 2. The molecule has 3 rings (SSSR count). The molecule has 1 aromatic carbocycles. The van der Waals surface area contributed by atoms with Crippen molar-refractivity contribution < 1.29 is 4.79 Å². The van der Waals surface area contributed by atoms with E-state index in [9.17, 15) is 10.1 Å². The predicted octanol–water partition coefficient (Wildman–Crippen LogP) is 2.67. The van der Waals surface area contributed by atoms with Gasteiger partial charge in [0.2, 0.25) is 0 Å². The quantitative estimate of drug-likeness (QED) is 0.349. The van der Waals surface area contributed by atoms with Gasteiger partial charge in [0.25, 0.3) is 5.91 Å². The van der Waals surface area contributed by atoms with Gasteiger partial charge < -0.3 is 9.99 Å². The van der Waals surface area contributed by atoms with Gasteiger partial charge in [-0.1, -0.05) is 23.9 Å². The number of aromatic nitrogens is 4. The Labute approximate surface area is 170 Å². The molecule has 2 aromatic heterocycles. The van der Waals surface area contributed by atoms with Gasteiger partial charge in [0, 0.05) is 35.6 Å². The largest absolute Gasteiger partial charge is 0.312 e. The molecule has 0 saturated carbocycles. The van der Waals surface area contributed by atoms with Gasteiger partial charge in [-0.3, -0.25) is 10.2 Å². The highest BCUT2D eigenvalue weighted by Crippen LogP contribution is 2.20. The number of hydrogen-bond donors (Lipinski definition) is 2. The van der Waals surface area contributed by atoms with Crippen LogP contribution in [0.3, 0.4) is 0 Å². The maximum absolute atomic E-state index is 12.2. The second kappa shape index (κ2) is 9.16. The van der Waals surface area contributed by atoms with Gasteiger partial charge in [-0.05, 0) is 24.6 Å². The molecule has 8 nitrogen and oxygen atoms in total. The maximum atomic E-state index is 12.2. The van der Waals surface area contributed by atoms with E-state index in [2.05, 4.69) is 32.1 Å². The van der Waals surface area contributed by atoms with Crippen LogP contribution in [0.1, 0.15) is 26.6 Å². The molecule has 0 atom stereocenters. The number of nitriles is 1. The Bertz CT molecular complexity index is 1030. The molecule has 0 aliphatic rings. The second-order valence-corrected chi connectivity index (χ2v) is 7.57. The summed E-state index contributed by atoms with van der Waals surface area (Å²) in [6.45, 7) is 1.86. The molecule has 10 heteroatoms. The third-order valence-electron chi connectivity index (χ3n) is 3.63. The minimum absolute atomic E-state index is 0.295. The average Bonchev–Trinajstić information content (AvgIpc) is 3.32. The summed E-state index contributed by atoms with van der Waals surface area (Å²) < 4.78 is 1.86. The lowest BCUT2D eigenvalue weighted by atomic mass is 10.1. The molecule has 3 aromatic rings. The number of rotatable bonds is 7. The fourth-order valence-electron chi connectivity index (χ4n) is 2.17. The number of hydrazine groups is 1. The van der Waals surface area contributed by atoms with Gasteiger partial charge in [0.05, 0.1) is 0 Å². The normalized spacial score (nSPS) is 11.1. The van der Waals surface area contributed by atoms with Gasteiger partial charge in [-0.25, -0.2) is 4.98 Å². The van der Waals surface area contributed by atoms with Crippen LogP contribution >= 0.6 is 23.1 Å². The van der Waals surface area contributed by atoms with Crippen molar-refractivity contribution >= 4 is 34.6 Å². The first-order valence-electron chi connectivity index (χ1n) is 8.21. The van der Waals surface area contributed by atoms with Crippen molar-refractivity contribution in [3.8, 4) is 6.07 Å². The zero-order chi connectivity index (χ0) is 19.9. The van der Waals surface area contributed by atoms with E-state index in [0.717, 1.165) is 22.2 Å². The summed E-state index contributed by atoms with van der Waals surface area (Å²) >= 11 is 2.95. The highest BCUT2D eigenvalue weighted by molar-refractivity contribution is 7.98. The molecule has 0 unspecified atom stereocenters. The van der Waals surface area contributed by atoms with Crippen molar-refractivity contribution in [2.75, 3.05) is 0 Å². The monoisotopic (exact) mass is 411 g/mol. The summed E-state index contributed by atoms with van der Waals surface area (Å²) in [4.78, 5) is 16.5. The summed E-state index contributed by atoms with van der Waals surface area (Å²) in [5, 5.41) is 20.4. The number of thioether (sulfide) groups is 1. The van der Waals surface area contributed by atoms with Gasteiger partial charge >= 0.3 is 0 Å². The standard InChI is InChI=1S/C18H17N7OS2/c1-12-9-27-17(22-12)15(7-19)8-20-23-16(26)14-5-3-13(4-6-14)10-28-18-24-21-11-25(18)2/h3-6,8-9,11,20H,10H2,1-2H3,(H,23,26)/b15-8+. The highest BCUT2D eigenvalue weighted by Gasteiger charge is 2.08. The molecule has 142 valence electrons. The fourth-order valence-corrected chi connectivity index (χ4v) is 3.78. The van der Waals surface area contributed by atoms with Crippen molar-refractivity contribution in [1.82, 2.24) is 30.6 Å². The number of hydrogen-bond acceptors (Lipinski definition) is 8. The molecule has 0 saturated heterocycles. The lowest BCUT2D eigenvalue weighted by Gasteiger charge is -2.06. The highest BCUT2D eigenvalue weighted by atomic mass is 32.2. The molecule has 0 aliphatic carbocycles. The Morgan fingerprint density at radius 1 is 1.39 bits per heavy atom. The van der Waals surface area contributed by atoms with Crippen molar-refractivity contribution in [3.63, 3.8) is 0 Å². The van der Waals surface area contributed by atoms with Gasteiger partial charge in [-0.15, -0.1) is 21.5 Å². The zero-order valence-corrected chi connectivity index (χ0v) is 16.8. The van der Waals surface area contributed by atoms with Crippen LogP contribution in [0.15, 0.2) is 47.3 Å². The number of aryl methyl sites for hydroxylation is 2. The van der Waals surface area contributed by atoms with Crippen LogP contribution in [0.5, 0.6) is 0 Å². The summed E-state index contributed by atoms with van der Waals surface area (Å²) in [5.74, 6) is 0.435. The molecular formula is C18H17N7OS2. The summed E-state index contributed by atoms with van der Waals surface area (Å²) in [5.41, 5.74) is 8.01. The molecule has 0 fully saturated rings. The first-order chi connectivity index (χ1) is 13.6. The van der Waals surface area contributed by atoms with Crippen LogP contribution in [0, 0.1) is 18.3 Å². The number of allylic oxidation sites excluding steroid dienone is 1. The number of benzene rings is 1. The summed E-state index contributed by atoms with van der Waals surface area (Å²) in [6, 6.07) is 9.36. The number of carbonyl (C=O) groups is 1. The second-order valence-electron chi connectivity index (χ2n) is 5.77. The maximum Gasteiger partial charge on any atom is 0.269 e. The van der Waals surface area contributed by atoms with Crippen LogP contribution in [-0.4, -0.2) is 25.7 Å². The van der Waals surface area contributed by atoms with Crippen molar-refractivity contribution in [2.24, 2.45) is 7.05 Å². The third-order valence-corrected chi connectivity index (χ3v) is 5.72. The topological polar surface area (TPSA) is 109 Å². The Morgan fingerprint density at radius 3 is 2.79 bits per heavy atom. The Kier molecular flexibility index (Phi) is 6.41. The molecule has 0 spiro atoms. The van der Waals surface area contributed by atoms with Crippen LogP contribution in [0.2, 0.25) is 0 Å². The van der Waals surface area contributed by atoms with Crippen molar-refractivity contribution in [2.45, 2.75) is 17.8 Å². The van der Waals surface area contributed by atoms with Crippen LogP contribution in [0.4, 0.5) is 0 Å². The number of thiazole rings is 1. The first-order valence-corrected chi connectivity index (χ1v) is 10.1. The van der Waals surface area contributed by atoms with Crippen LogP contribution < -0.4 is 10.9 Å². The lowest BCUT2D eigenvalue weighted by Crippen LogP contribution is -2.33. The number of amides is 1. The van der Waals surface area contributed by atoms with E-state index in [4.69, 9.17) is 0 Å². The molecule has 0 bridgehead atoms. The van der Waals surface area contributed by atoms with E-state index in [1.807, 2.05) is 36.1 Å². The van der Waals surface area contributed by atoms with E-state index in [-0.39, 0.29) is 5.91 Å². The Hall–Kier alpha value is -3.16. The molecule has 2 N–H and O–H groups in total.